The van der Waals surface area contributed by atoms with Crippen LogP contribution in [0.2, 0.25) is 0 Å². The molecule has 0 aliphatic heterocycles. The van der Waals surface area contributed by atoms with Crippen LogP contribution in [0.4, 0.5) is 18.9 Å². The van der Waals surface area contributed by atoms with Crippen LogP contribution in [0.5, 0.6) is 0 Å². The number of alkyl halides is 3. The van der Waals surface area contributed by atoms with Crippen LogP contribution in [0.25, 0.3) is 0 Å². The molecule has 0 heterocycles. The van der Waals surface area contributed by atoms with E-state index in [2.05, 4.69) is 12.2 Å². The van der Waals surface area contributed by atoms with Crippen LogP contribution in [-0.2, 0) is 9.84 Å². The second-order valence-corrected chi connectivity index (χ2v) is 7.31. The van der Waals surface area contributed by atoms with Gasteiger partial charge in [0.15, 0.2) is 0 Å². The Bertz CT molecular complexity index is 573. The molecule has 0 radical (unpaired) electrons. The lowest BCUT2D eigenvalue weighted by atomic mass is 10.0. The van der Waals surface area contributed by atoms with E-state index in [0.29, 0.717) is 5.69 Å². The highest BCUT2D eigenvalue weighted by atomic mass is 32.2. The molecule has 0 amide bonds. The van der Waals surface area contributed by atoms with Gasteiger partial charge in [0.05, 0.1) is 4.90 Å². The molecule has 7 heteroatoms. The first kappa shape index (κ1) is 15.2. The van der Waals surface area contributed by atoms with Crippen LogP contribution in [0.15, 0.2) is 29.2 Å². The third-order valence-corrected chi connectivity index (χ3v) is 5.12. The van der Waals surface area contributed by atoms with Gasteiger partial charge in [-0.15, -0.1) is 0 Å². The summed E-state index contributed by atoms with van der Waals surface area (Å²) in [6.07, 6.45) is 4.22. The van der Waals surface area contributed by atoms with Crippen LogP contribution >= 0.6 is 0 Å². The third kappa shape index (κ3) is 2.92. The van der Waals surface area contributed by atoms with Gasteiger partial charge in [0.1, 0.15) is 0 Å². The van der Waals surface area contributed by atoms with Crippen molar-refractivity contribution in [1.29, 1.82) is 0 Å². The van der Waals surface area contributed by atoms with Crippen LogP contribution < -0.4 is 5.32 Å². The molecule has 0 saturated heterocycles. The van der Waals surface area contributed by atoms with E-state index in [1.807, 2.05) is 0 Å². The predicted octanol–water partition coefficient (Wildman–Crippen LogP) is 3.72. The Hall–Kier alpha value is -1.24. The van der Waals surface area contributed by atoms with Crippen molar-refractivity contribution in [2.45, 2.75) is 48.5 Å². The summed E-state index contributed by atoms with van der Waals surface area (Å²) < 4.78 is 59.7. The Balaban J connectivity index is 2.19. The van der Waals surface area contributed by atoms with Crippen molar-refractivity contribution in [1.82, 2.24) is 0 Å². The molecular formula is C13H16F3NO2S. The van der Waals surface area contributed by atoms with Crippen molar-refractivity contribution < 1.29 is 21.6 Å². The minimum Gasteiger partial charge on any atom is -0.380 e. The summed E-state index contributed by atoms with van der Waals surface area (Å²) in [5.41, 5.74) is -4.69. The first-order valence-corrected chi connectivity index (χ1v) is 7.82. The topological polar surface area (TPSA) is 46.2 Å². The molecule has 1 aromatic rings. The minimum atomic E-state index is -5.26. The number of sulfone groups is 1. The van der Waals surface area contributed by atoms with Crippen molar-refractivity contribution in [3.63, 3.8) is 0 Å². The molecule has 2 rings (SSSR count). The smallest absolute Gasteiger partial charge is 0.380 e. The van der Waals surface area contributed by atoms with Gasteiger partial charge >= 0.3 is 5.51 Å². The second-order valence-electron chi connectivity index (χ2n) is 5.37. The summed E-state index contributed by atoms with van der Waals surface area (Å²) in [6, 6.07) is 4.73. The molecule has 0 bridgehead atoms. The Morgan fingerprint density at radius 1 is 1.10 bits per heavy atom. The Labute approximate surface area is 116 Å². The molecule has 3 nitrogen and oxygen atoms in total. The van der Waals surface area contributed by atoms with Gasteiger partial charge in [-0.1, -0.05) is 12.8 Å². The molecule has 112 valence electrons. The Morgan fingerprint density at radius 2 is 1.60 bits per heavy atom. The lowest BCUT2D eigenvalue weighted by molar-refractivity contribution is -0.0436. The number of anilines is 1. The average molecular weight is 307 g/mol. The number of benzene rings is 1. The molecule has 0 spiro atoms. The van der Waals surface area contributed by atoms with Crippen molar-refractivity contribution in [2.24, 2.45) is 0 Å². The quantitative estimate of drug-likeness (QED) is 0.925. The van der Waals surface area contributed by atoms with Crippen LogP contribution in [0, 0.1) is 0 Å². The van der Waals surface area contributed by atoms with Gasteiger partial charge in [-0.05, 0) is 44.0 Å². The minimum absolute atomic E-state index is 0.0651. The molecule has 1 fully saturated rings. The van der Waals surface area contributed by atoms with E-state index in [9.17, 15) is 21.6 Å². The number of rotatable bonds is 3. The maximum Gasteiger partial charge on any atom is 0.501 e. The fourth-order valence-electron chi connectivity index (χ4n) is 2.48. The van der Waals surface area contributed by atoms with E-state index in [4.69, 9.17) is 0 Å². The van der Waals surface area contributed by atoms with Gasteiger partial charge in [0.25, 0.3) is 9.84 Å². The van der Waals surface area contributed by atoms with Crippen molar-refractivity contribution in [3.05, 3.63) is 24.3 Å². The largest absolute Gasteiger partial charge is 0.501 e. The van der Waals surface area contributed by atoms with Crippen molar-refractivity contribution in [2.75, 3.05) is 5.32 Å². The second kappa shape index (κ2) is 4.95. The molecular weight excluding hydrogens is 291 g/mol. The maximum absolute atomic E-state index is 12.4. The Morgan fingerprint density at radius 3 is 2.05 bits per heavy atom. The molecule has 1 saturated carbocycles. The highest BCUT2D eigenvalue weighted by molar-refractivity contribution is 7.92. The zero-order chi connectivity index (χ0) is 15.0. The summed E-state index contributed by atoms with van der Waals surface area (Å²) in [6.45, 7) is 2.06. The van der Waals surface area contributed by atoms with Gasteiger partial charge < -0.3 is 5.32 Å². The van der Waals surface area contributed by atoms with Crippen molar-refractivity contribution in [3.8, 4) is 0 Å². The predicted molar refractivity (Wildman–Crippen MR) is 70.2 cm³/mol. The van der Waals surface area contributed by atoms with Crippen LogP contribution in [0.1, 0.15) is 32.6 Å². The van der Waals surface area contributed by atoms with Crippen LogP contribution in [0.3, 0.4) is 0 Å². The monoisotopic (exact) mass is 307 g/mol. The summed E-state index contributed by atoms with van der Waals surface area (Å²) in [7, 11) is -5.26. The standard InChI is InChI=1S/C13H16F3NO2S/c1-12(8-2-3-9-12)17-10-4-6-11(7-5-10)20(18,19)13(14,15)16/h4-7,17H,2-3,8-9H2,1H3. The van der Waals surface area contributed by atoms with E-state index < -0.39 is 20.2 Å². The van der Waals surface area contributed by atoms with E-state index in [0.717, 1.165) is 37.8 Å². The lowest BCUT2D eigenvalue weighted by Crippen LogP contribution is -2.30. The van der Waals surface area contributed by atoms with Gasteiger partial charge in [-0.3, -0.25) is 0 Å². The number of hydrogen-bond donors (Lipinski definition) is 1. The maximum atomic E-state index is 12.4. The molecule has 0 atom stereocenters. The lowest BCUT2D eigenvalue weighted by Gasteiger charge is -2.26. The summed E-state index contributed by atoms with van der Waals surface area (Å²) in [4.78, 5) is -0.730. The first-order chi connectivity index (χ1) is 9.14. The summed E-state index contributed by atoms with van der Waals surface area (Å²) in [5.74, 6) is 0. The average Bonchev–Trinajstić information content (AvgIpc) is 2.75. The van der Waals surface area contributed by atoms with E-state index in [-0.39, 0.29) is 5.54 Å². The summed E-state index contributed by atoms with van der Waals surface area (Å²) >= 11 is 0. The van der Waals surface area contributed by atoms with Crippen molar-refractivity contribution >= 4 is 15.5 Å². The summed E-state index contributed by atoms with van der Waals surface area (Å²) in [5, 5.41) is 3.26. The molecule has 20 heavy (non-hydrogen) atoms. The highest BCUT2D eigenvalue weighted by Crippen LogP contribution is 2.34. The van der Waals surface area contributed by atoms with Gasteiger partial charge in [-0.25, -0.2) is 8.42 Å². The van der Waals surface area contributed by atoms with E-state index >= 15 is 0 Å². The zero-order valence-corrected chi connectivity index (χ0v) is 11.8. The number of hydrogen-bond acceptors (Lipinski definition) is 3. The molecule has 0 unspecified atom stereocenters. The molecule has 1 aliphatic carbocycles. The zero-order valence-electron chi connectivity index (χ0n) is 11.0. The first-order valence-electron chi connectivity index (χ1n) is 6.34. The fraction of sp³-hybridized carbons (Fsp3) is 0.538. The molecule has 1 aliphatic rings. The normalized spacial score (nSPS) is 19.0. The van der Waals surface area contributed by atoms with E-state index in [1.165, 1.54) is 12.1 Å². The fourth-order valence-corrected chi connectivity index (χ4v) is 3.24. The molecule has 1 N–H and O–H groups in total. The van der Waals surface area contributed by atoms with Crippen LogP contribution in [-0.4, -0.2) is 19.5 Å². The van der Waals surface area contributed by atoms with E-state index in [1.54, 1.807) is 0 Å². The Kier molecular flexibility index (Phi) is 3.75. The molecule has 1 aromatic carbocycles. The SMILES string of the molecule is CC1(Nc2ccc(S(=O)(=O)C(F)(F)F)cc2)CCCC1. The van der Waals surface area contributed by atoms with Gasteiger partial charge in [0, 0.05) is 11.2 Å². The third-order valence-electron chi connectivity index (χ3n) is 3.62. The molecule has 0 aromatic heterocycles. The number of nitrogens with one attached hydrogen (secondary N) is 1. The van der Waals surface area contributed by atoms with Gasteiger partial charge in [0.2, 0.25) is 0 Å². The number of halogens is 3. The van der Waals surface area contributed by atoms with Gasteiger partial charge in [-0.2, -0.15) is 13.2 Å². The highest BCUT2D eigenvalue weighted by Gasteiger charge is 2.46.